The SMILES string of the molecule is COCCN(CCN)c1ncncc1Br. The summed E-state index contributed by atoms with van der Waals surface area (Å²) in [5, 5.41) is 0. The summed E-state index contributed by atoms with van der Waals surface area (Å²) in [6.45, 7) is 2.75. The summed E-state index contributed by atoms with van der Waals surface area (Å²) in [6.07, 6.45) is 3.25. The molecular weight excluding hydrogens is 260 g/mol. The first-order valence-corrected chi connectivity index (χ1v) is 5.48. The molecule has 84 valence electrons. The minimum atomic E-state index is 0.583. The van der Waals surface area contributed by atoms with Gasteiger partial charge in [-0.1, -0.05) is 0 Å². The summed E-state index contributed by atoms with van der Waals surface area (Å²) in [5.41, 5.74) is 5.55. The van der Waals surface area contributed by atoms with Gasteiger partial charge >= 0.3 is 0 Å². The first kappa shape index (κ1) is 12.4. The lowest BCUT2D eigenvalue weighted by Gasteiger charge is -2.23. The molecule has 1 aromatic rings. The molecule has 2 N–H and O–H groups in total. The van der Waals surface area contributed by atoms with E-state index in [1.807, 2.05) is 0 Å². The fourth-order valence-corrected chi connectivity index (χ4v) is 1.69. The number of methoxy groups -OCH3 is 1. The van der Waals surface area contributed by atoms with E-state index in [4.69, 9.17) is 10.5 Å². The first-order valence-electron chi connectivity index (χ1n) is 4.69. The molecule has 0 spiro atoms. The second-order valence-electron chi connectivity index (χ2n) is 2.96. The summed E-state index contributed by atoms with van der Waals surface area (Å²) in [6, 6.07) is 0. The number of hydrogen-bond acceptors (Lipinski definition) is 5. The highest BCUT2D eigenvalue weighted by Crippen LogP contribution is 2.21. The van der Waals surface area contributed by atoms with Gasteiger partial charge in [-0.25, -0.2) is 9.97 Å². The van der Waals surface area contributed by atoms with Crippen LogP contribution in [-0.2, 0) is 4.74 Å². The third kappa shape index (κ3) is 3.73. The van der Waals surface area contributed by atoms with Crippen LogP contribution in [0.1, 0.15) is 0 Å². The van der Waals surface area contributed by atoms with Crippen LogP contribution in [0.25, 0.3) is 0 Å². The van der Waals surface area contributed by atoms with Gasteiger partial charge in [0.25, 0.3) is 0 Å². The fraction of sp³-hybridized carbons (Fsp3) is 0.556. The normalized spacial score (nSPS) is 10.3. The Morgan fingerprint density at radius 2 is 2.33 bits per heavy atom. The molecule has 0 saturated heterocycles. The van der Waals surface area contributed by atoms with Crippen molar-refractivity contribution in [1.29, 1.82) is 0 Å². The molecule has 0 radical (unpaired) electrons. The predicted octanol–water partition coefficient (Wildman–Crippen LogP) is 0.651. The van der Waals surface area contributed by atoms with E-state index < -0.39 is 0 Å². The van der Waals surface area contributed by atoms with E-state index in [1.54, 1.807) is 13.3 Å². The number of halogens is 1. The van der Waals surface area contributed by atoms with Gasteiger partial charge < -0.3 is 15.4 Å². The molecule has 15 heavy (non-hydrogen) atoms. The molecule has 1 heterocycles. The number of hydrogen-bond donors (Lipinski definition) is 1. The van der Waals surface area contributed by atoms with Gasteiger partial charge in [-0.3, -0.25) is 0 Å². The minimum absolute atomic E-state index is 0.583. The fourth-order valence-electron chi connectivity index (χ4n) is 1.22. The Morgan fingerprint density at radius 1 is 1.53 bits per heavy atom. The van der Waals surface area contributed by atoms with Gasteiger partial charge in [-0.2, -0.15) is 0 Å². The highest BCUT2D eigenvalue weighted by Gasteiger charge is 2.10. The van der Waals surface area contributed by atoms with Crippen molar-refractivity contribution >= 4 is 21.7 Å². The number of anilines is 1. The van der Waals surface area contributed by atoms with Gasteiger partial charge in [-0.05, 0) is 15.9 Å². The quantitative estimate of drug-likeness (QED) is 0.825. The maximum Gasteiger partial charge on any atom is 0.146 e. The van der Waals surface area contributed by atoms with Gasteiger partial charge in [0.1, 0.15) is 12.1 Å². The molecule has 0 amide bonds. The van der Waals surface area contributed by atoms with Crippen molar-refractivity contribution in [2.75, 3.05) is 38.3 Å². The van der Waals surface area contributed by atoms with Crippen LogP contribution in [0.2, 0.25) is 0 Å². The summed E-state index contributed by atoms with van der Waals surface area (Å²) < 4.78 is 5.91. The van der Waals surface area contributed by atoms with Crippen LogP contribution in [0.3, 0.4) is 0 Å². The zero-order valence-corrected chi connectivity index (χ0v) is 10.3. The molecule has 0 bridgehead atoms. The van der Waals surface area contributed by atoms with Crippen molar-refractivity contribution in [2.45, 2.75) is 0 Å². The van der Waals surface area contributed by atoms with Crippen LogP contribution < -0.4 is 10.6 Å². The van der Waals surface area contributed by atoms with Gasteiger partial charge in [0.2, 0.25) is 0 Å². The smallest absolute Gasteiger partial charge is 0.146 e. The second-order valence-corrected chi connectivity index (χ2v) is 3.82. The predicted molar refractivity (Wildman–Crippen MR) is 62.9 cm³/mol. The van der Waals surface area contributed by atoms with Crippen molar-refractivity contribution in [2.24, 2.45) is 5.73 Å². The topological polar surface area (TPSA) is 64.3 Å². The van der Waals surface area contributed by atoms with E-state index in [0.29, 0.717) is 13.2 Å². The van der Waals surface area contributed by atoms with Crippen LogP contribution in [0, 0.1) is 0 Å². The lowest BCUT2D eigenvalue weighted by Crippen LogP contribution is -2.33. The summed E-state index contributed by atoms with van der Waals surface area (Å²) in [7, 11) is 1.68. The van der Waals surface area contributed by atoms with E-state index in [9.17, 15) is 0 Å². The van der Waals surface area contributed by atoms with E-state index in [2.05, 4.69) is 30.8 Å². The zero-order chi connectivity index (χ0) is 11.1. The molecule has 0 aromatic carbocycles. The van der Waals surface area contributed by atoms with E-state index in [0.717, 1.165) is 23.4 Å². The second kappa shape index (κ2) is 6.71. The van der Waals surface area contributed by atoms with Crippen LogP contribution in [0.15, 0.2) is 17.0 Å². The standard InChI is InChI=1S/C9H15BrN4O/c1-15-5-4-14(3-2-11)9-8(10)6-12-7-13-9/h6-7H,2-5,11H2,1H3. The average molecular weight is 275 g/mol. The summed E-state index contributed by atoms with van der Waals surface area (Å²) in [4.78, 5) is 10.2. The monoisotopic (exact) mass is 274 g/mol. The maximum absolute atomic E-state index is 5.55. The molecule has 0 aliphatic heterocycles. The highest BCUT2D eigenvalue weighted by molar-refractivity contribution is 9.10. The van der Waals surface area contributed by atoms with Crippen LogP contribution in [0.4, 0.5) is 5.82 Å². The number of nitrogens with two attached hydrogens (primary N) is 1. The molecule has 6 heteroatoms. The third-order valence-electron chi connectivity index (χ3n) is 1.91. The molecule has 1 rings (SSSR count). The van der Waals surface area contributed by atoms with Gasteiger partial charge in [0, 0.05) is 32.9 Å². The molecule has 0 fully saturated rings. The molecule has 0 aliphatic rings. The summed E-state index contributed by atoms with van der Waals surface area (Å²) >= 11 is 3.41. The molecule has 0 atom stereocenters. The average Bonchev–Trinajstić information content (AvgIpc) is 2.25. The number of nitrogens with zero attached hydrogens (tertiary/aromatic N) is 3. The van der Waals surface area contributed by atoms with Crippen molar-refractivity contribution in [1.82, 2.24) is 9.97 Å². The Kier molecular flexibility index (Phi) is 5.52. The van der Waals surface area contributed by atoms with Crippen molar-refractivity contribution in [3.8, 4) is 0 Å². The Balaban J connectivity index is 2.74. The molecule has 0 aliphatic carbocycles. The number of ether oxygens (including phenoxy) is 1. The lowest BCUT2D eigenvalue weighted by molar-refractivity contribution is 0.205. The van der Waals surface area contributed by atoms with Gasteiger partial charge in [0.05, 0.1) is 11.1 Å². The molecule has 1 aromatic heterocycles. The molecule has 0 unspecified atom stereocenters. The minimum Gasteiger partial charge on any atom is -0.383 e. The van der Waals surface area contributed by atoms with E-state index in [-0.39, 0.29) is 0 Å². The number of aromatic nitrogens is 2. The Labute approximate surface area is 97.8 Å². The van der Waals surface area contributed by atoms with Crippen LogP contribution in [0.5, 0.6) is 0 Å². The zero-order valence-electron chi connectivity index (χ0n) is 8.69. The van der Waals surface area contributed by atoms with Gasteiger partial charge in [-0.15, -0.1) is 0 Å². The Morgan fingerprint density at radius 3 is 2.93 bits per heavy atom. The van der Waals surface area contributed by atoms with Crippen LogP contribution in [-0.4, -0.2) is 43.3 Å². The molecule has 5 nitrogen and oxygen atoms in total. The third-order valence-corrected chi connectivity index (χ3v) is 2.47. The van der Waals surface area contributed by atoms with Crippen molar-refractivity contribution in [3.63, 3.8) is 0 Å². The summed E-state index contributed by atoms with van der Waals surface area (Å²) in [5.74, 6) is 0.854. The van der Waals surface area contributed by atoms with Crippen molar-refractivity contribution < 1.29 is 4.74 Å². The lowest BCUT2D eigenvalue weighted by atomic mass is 10.4. The van der Waals surface area contributed by atoms with E-state index >= 15 is 0 Å². The highest BCUT2D eigenvalue weighted by atomic mass is 79.9. The molecular formula is C9H15BrN4O. The Bertz CT molecular complexity index is 297. The van der Waals surface area contributed by atoms with Crippen molar-refractivity contribution in [3.05, 3.63) is 17.0 Å². The maximum atomic E-state index is 5.55. The largest absolute Gasteiger partial charge is 0.383 e. The number of rotatable bonds is 6. The van der Waals surface area contributed by atoms with Gasteiger partial charge in [0.15, 0.2) is 0 Å². The first-order chi connectivity index (χ1) is 7.29. The van der Waals surface area contributed by atoms with E-state index in [1.165, 1.54) is 6.33 Å². The Hall–Kier alpha value is -0.720. The molecule has 0 saturated carbocycles. The van der Waals surface area contributed by atoms with Crippen LogP contribution >= 0.6 is 15.9 Å².